The van der Waals surface area contributed by atoms with Crippen LogP contribution in [0.2, 0.25) is 5.28 Å². The van der Waals surface area contributed by atoms with Crippen LogP contribution in [0.5, 0.6) is 0 Å². The molecule has 2 saturated heterocycles. The van der Waals surface area contributed by atoms with Crippen LogP contribution < -0.4 is 4.90 Å². The number of halogens is 1. The number of hydrogen-bond donors (Lipinski definition) is 1. The summed E-state index contributed by atoms with van der Waals surface area (Å²) in [4.78, 5) is 18.5. The van der Waals surface area contributed by atoms with E-state index in [0.717, 1.165) is 81.2 Å². The van der Waals surface area contributed by atoms with Crippen molar-refractivity contribution in [1.29, 1.82) is 0 Å². The maximum Gasteiger partial charge on any atom is 0.226 e. The zero-order valence-electron chi connectivity index (χ0n) is 17.7. The second-order valence-corrected chi connectivity index (χ2v) is 9.37. The number of morpholine rings is 1. The number of hydrogen-bond acceptors (Lipinski definition) is 7. The molecule has 1 aliphatic carbocycles. The van der Waals surface area contributed by atoms with Gasteiger partial charge in [-0.15, -0.1) is 0 Å². The molecule has 1 saturated carbocycles. The van der Waals surface area contributed by atoms with Crippen LogP contribution in [0.4, 0.5) is 5.82 Å². The third-order valence-electron chi connectivity index (χ3n) is 7.26. The smallest absolute Gasteiger partial charge is 0.226 e. The standard InChI is InChI=1S/C21H31ClN6O2/c1-26-16(14-27-8-4-15(5-9-27)21(29)6-2-3-7-21)23-17-18(26)24-20(22)25-19(17)28-10-12-30-13-11-28/h15,29H,2-14H2,1H3. The lowest BCUT2D eigenvalue weighted by atomic mass is 9.79. The van der Waals surface area contributed by atoms with E-state index in [1.54, 1.807) is 0 Å². The number of aryl methyl sites for hydroxylation is 1. The zero-order chi connectivity index (χ0) is 20.7. The van der Waals surface area contributed by atoms with Gasteiger partial charge in [0.15, 0.2) is 17.0 Å². The average molecular weight is 435 g/mol. The maximum absolute atomic E-state index is 10.9. The molecule has 2 aromatic rings. The molecule has 0 radical (unpaired) electrons. The first-order valence-corrected chi connectivity index (χ1v) is 11.6. The zero-order valence-corrected chi connectivity index (χ0v) is 18.4. The Bertz CT molecular complexity index is 899. The summed E-state index contributed by atoms with van der Waals surface area (Å²) in [5.74, 6) is 2.22. The molecule has 1 N–H and O–H groups in total. The maximum atomic E-state index is 10.9. The second kappa shape index (κ2) is 8.22. The van der Waals surface area contributed by atoms with Gasteiger partial charge in [-0.25, -0.2) is 4.98 Å². The van der Waals surface area contributed by atoms with Crippen molar-refractivity contribution in [3.63, 3.8) is 0 Å². The fourth-order valence-corrected chi connectivity index (χ4v) is 5.59. The van der Waals surface area contributed by atoms with Crippen LogP contribution >= 0.6 is 11.6 Å². The fraction of sp³-hybridized carbons (Fsp3) is 0.762. The second-order valence-electron chi connectivity index (χ2n) is 9.04. The minimum absolute atomic E-state index is 0.254. The number of ether oxygens (including phenoxy) is 1. The minimum Gasteiger partial charge on any atom is -0.390 e. The molecule has 30 heavy (non-hydrogen) atoms. The number of aromatic nitrogens is 4. The summed E-state index contributed by atoms with van der Waals surface area (Å²) in [5.41, 5.74) is 1.18. The third kappa shape index (κ3) is 3.79. The number of likely N-dealkylation sites (tertiary alicyclic amines) is 1. The Labute approximate surface area is 182 Å². The molecule has 0 spiro atoms. The average Bonchev–Trinajstić information content (AvgIpc) is 3.34. The van der Waals surface area contributed by atoms with Gasteiger partial charge in [-0.1, -0.05) is 12.8 Å². The van der Waals surface area contributed by atoms with Crippen molar-refractivity contribution in [2.24, 2.45) is 13.0 Å². The molecule has 2 aliphatic heterocycles. The molecule has 5 rings (SSSR count). The SMILES string of the molecule is Cn1c(CN2CCC(C3(O)CCCC3)CC2)nc2c(N3CCOCC3)nc(Cl)nc21. The molecule has 4 heterocycles. The van der Waals surface area contributed by atoms with Crippen LogP contribution in [0, 0.1) is 5.92 Å². The van der Waals surface area contributed by atoms with Crippen LogP contribution in [0.15, 0.2) is 0 Å². The number of piperidine rings is 1. The molecule has 0 atom stereocenters. The van der Waals surface area contributed by atoms with E-state index >= 15 is 0 Å². The molecule has 3 aliphatic rings. The highest BCUT2D eigenvalue weighted by Gasteiger charge is 2.40. The minimum atomic E-state index is -0.413. The lowest BCUT2D eigenvalue weighted by Gasteiger charge is -2.39. The van der Waals surface area contributed by atoms with Gasteiger partial charge in [0.25, 0.3) is 0 Å². The lowest BCUT2D eigenvalue weighted by molar-refractivity contribution is -0.0385. The summed E-state index contributed by atoms with van der Waals surface area (Å²) in [5, 5.41) is 11.2. The van der Waals surface area contributed by atoms with Gasteiger partial charge in [-0.2, -0.15) is 9.97 Å². The van der Waals surface area contributed by atoms with Crippen LogP contribution in [0.1, 0.15) is 44.3 Å². The van der Waals surface area contributed by atoms with Crippen molar-refractivity contribution in [2.45, 2.75) is 50.7 Å². The van der Waals surface area contributed by atoms with Crippen molar-refractivity contribution in [3.05, 3.63) is 11.1 Å². The third-order valence-corrected chi connectivity index (χ3v) is 7.43. The molecule has 2 aromatic heterocycles. The number of imidazole rings is 1. The van der Waals surface area contributed by atoms with Gasteiger partial charge < -0.3 is 19.3 Å². The van der Waals surface area contributed by atoms with E-state index in [0.29, 0.717) is 19.1 Å². The summed E-state index contributed by atoms with van der Waals surface area (Å²) in [6, 6.07) is 0. The Balaban J connectivity index is 1.33. The van der Waals surface area contributed by atoms with Crippen molar-refractivity contribution in [1.82, 2.24) is 24.4 Å². The van der Waals surface area contributed by atoms with E-state index in [2.05, 4.69) is 19.8 Å². The number of nitrogens with zero attached hydrogens (tertiary/aromatic N) is 6. The summed E-state index contributed by atoms with van der Waals surface area (Å²) >= 11 is 6.25. The van der Waals surface area contributed by atoms with Gasteiger partial charge in [0.1, 0.15) is 5.82 Å². The Morgan fingerprint density at radius 2 is 1.77 bits per heavy atom. The highest BCUT2D eigenvalue weighted by atomic mass is 35.5. The fourth-order valence-electron chi connectivity index (χ4n) is 5.43. The van der Waals surface area contributed by atoms with Crippen LogP contribution in [0.25, 0.3) is 11.2 Å². The highest BCUT2D eigenvalue weighted by molar-refractivity contribution is 6.28. The molecule has 8 nitrogen and oxygen atoms in total. The lowest BCUT2D eigenvalue weighted by Crippen LogP contribution is -2.43. The number of rotatable bonds is 4. The summed E-state index contributed by atoms with van der Waals surface area (Å²) in [6.07, 6.45) is 6.42. The summed E-state index contributed by atoms with van der Waals surface area (Å²) in [7, 11) is 2.01. The van der Waals surface area contributed by atoms with Crippen molar-refractivity contribution in [2.75, 3.05) is 44.3 Å². The molecule has 9 heteroatoms. The van der Waals surface area contributed by atoms with Crippen molar-refractivity contribution < 1.29 is 9.84 Å². The predicted octanol–water partition coefficient (Wildman–Crippen LogP) is 2.37. The number of aliphatic hydroxyl groups is 1. The molecule has 0 amide bonds. The van der Waals surface area contributed by atoms with E-state index < -0.39 is 5.60 Å². The number of fused-ring (bicyclic) bond motifs is 1. The molecule has 0 bridgehead atoms. The Morgan fingerprint density at radius 1 is 1.07 bits per heavy atom. The topological polar surface area (TPSA) is 79.5 Å². The number of anilines is 1. The monoisotopic (exact) mass is 434 g/mol. The van der Waals surface area contributed by atoms with Gasteiger partial charge in [0.05, 0.1) is 25.4 Å². The van der Waals surface area contributed by atoms with Gasteiger partial charge in [-0.05, 0) is 56.3 Å². The normalized spacial score (nSPS) is 23.5. The first kappa shape index (κ1) is 20.4. The van der Waals surface area contributed by atoms with Gasteiger partial charge >= 0.3 is 0 Å². The molecular formula is C21H31ClN6O2. The van der Waals surface area contributed by atoms with E-state index in [9.17, 15) is 5.11 Å². The van der Waals surface area contributed by atoms with E-state index in [1.165, 1.54) is 12.8 Å². The Hall–Kier alpha value is -1.48. The van der Waals surface area contributed by atoms with Gasteiger partial charge in [0, 0.05) is 20.1 Å². The quantitative estimate of drug-likeness (QED) is 0.740. The molecule has 0 unspecified atom stereocenters. The van der Waals surface area contributed by atoms with Crippen LogP contribution in [0.3, 0.4) is 0 Å². The van der Waals surface area contributed by atoms with Crippen molar-refractivity contribution >= 4 is 28.6 Å². The predicted molar refractivity (Wildman–Crippen MR) is 116 cm³/mol. The van der Waals surface area contributed by atoms with Gasteiger partial charge in [-0.3, -0.25) is 4.90 Å². The van der Waals surface area contributed by atoms with Crippen LogP contribution in [-0.4, -0.2) is 74.5 Å². The van der Waals surface area contributed by atoms with Crippen LogP contribution in [-0.2, 0) is 18.3 Å². The van der Waals surface area contributed by atoms with E-state index in [-0.39, 0.29) is 5.28 Å². The van der Waals surface area contributed by atoms with E-state index in [1.807, 2.05) is 11.6 Å². The molecule has 164 valence electrons. The van der Waals surface area contributed by atoms with E-state index in [4.69, 9.17) is 21.3 Å². The first-order valence-electron chi connectivity index (χ1n) is 11.2. The molecular weight excluding hydrogens is 404 g/mol. The van der Waals surface area contributed by atoms with Gasteiger partial charge in [0.2, 0.25) is 5.28 Å². The van der Waals surface area contributed by atoms with Crippen molar-refractivity contribution in [3.8, 4) is 0 Å². The highest BCUT2D eigenvalue weighted by Crippen LogP contribution is 2.40. The first-order chi connectivity index (χ1) is 14.5. The summed E-state index contributed by atoms with van der Waals surface area (Å²) < 4.78 is 7.52. The summed E-state index contributed by atoms with van der Waals surface area (Å²) in [6.45, 7) is 5.71. The molecule has 3 fully saturated rings. The Kier molecular flexibility index (Phi) is 5.60. The Morgan fingerprint density at radius 3 is 2.47 bits per heavy atom. The largest absolute Gasteiger partial charge is 0.390 e. The molecule has 0 aromatic carbocycles.